The van der Waals surface area contributed by atoms with Crippen LogP contribution < -0.4 is 10.2 Å². The molecule has 1 saturated carbocycles. The van der Waals surface area contributed by atoms with E-state index in [1.54, 1.807) is 19.1 Å². The molecule has 6 nitrogen and oxygen atoms in total. The smallest absolute Gasteiger partial charge is 0.332 e. The zero-order chi connectivity index (χ0) is 15.7. The van der Waals surface area contributed by atoms with Gasteiger partial charge in [-0.3, -0.25) is 19.4 Å². The number of carbonyl (C=O) groups excluding carboxylic acids is 3. The molecule has 1 saturated heterocycles. The Bertz CT molecular complexity index is 598. The quantitative estimate of drug-likeness (QED) is 0.835. The Balaban J connectivity index is 1.68. The molecule has 1 atom stereocenters. The maximum atomic E-state index is 12.5. The Morgan fingerprint density at radius 3 is 2.55 bits per heavy atom. The van der Waals surface area contributed by atoms with Gasteiger partial charge in [-0.15, -0.1) is 0 Å². The van der Waals surface area contributed by atoms with E-state index in [9.17, 15) is 14.4 Å². The third-order valence-electron chi connectivity index (χ3n) is 4.07. The number of nitrogens with zero attached hydrogens (tertiary/aromatic N) is 2. The molecule has 116 valence electrons. The minimum Gasteiger partial charge on any atom is -0.354 e. The van der Waals surface area contributed by atoms with Crippen LogP contribution >= 0.6 is 0 Å². The first-order chi connectivity index (χ1) is 10.6. The number of hydrogen-bond donors (Lipinski definition) is 1. The summed E-state index contributed by atoms with van der Waals surface area (Å²) in [5.74, 6) is -0.0557. The summed E-state index contributed by atoms with van der Waals surface area (Å²) in [4.78, 5) is 39.1. The van der Waals surface area contributed by atoms with E-state index < -0.39 is 12.1 Å². The van der Waals surface area contributed by atoms with Crippen LogP contribution in [-0.2, 0) is 9.59 Å². The molecule has 4 amide bonds. The third kappa shape index (κ3) is 2.81. The molecule has 1 aromatic rings. The van der Waals surface area contributed by atoms with Gasteiger partial charge in [0.1, 0.15) is 12.6 Å². The van der Waals surface area contributed by atoms with Crippen LogP contribution in [0.5, 0.6) is 0 Å². The van der Waals surface area contributed by atoms with Gasteiger partial charge in [-0.2, -0.15) is 0 Å². The van der Waals surface area contributed by atoms with Crippen molar-refractivity contribution in [3.63, 3.8) is 0 Å². The zero-order valence-corrected chi connectivity index (χ0v) is 12.5. The second-order valence-corrected chi connectivity index (χ2v) is 5.84. The zero-order valence-electron chi connectivity index (χ0n) is 12.5. The van der Waals surface area contributed by atoms with E-state index >= 15 is 0 Å². The highest BCUT2D eigenvalue weighted by Crippen LogP contribution is 2.28. The second-order valence-electron chi connectivity index (χ2n) is 5.84. The highest BCUT2D eigenvalue weighted by Gasteiger charge is 2.44. The maximum absolute atomic E-state index is 12.5. The third-order valence-corrected chi connectivity index (χ3v) is 4.07. The van der Waals surface area contributed by atoms with Gasteiger partial charge in [-0.05, 0) is 37.8 Å². The average Bonchev–Trinajstić information content (AvgIpc) is 3.32. The standard InChI is InChI=1S/C16H19N3O3/c1-11-15(21)18(10-14(20)17-9-12-7-8-12)16(22)19(11)13-5-3-2-4-6-13/h2-6,11-12H,7-10H2,1H3,(H,17,20)/t11-/m0/s1. The minimum atomic E-state index is -0.592. The van der Waals surface area contributed by atoms with E-state index in [4.69, 9.17) is 0 Å². The number of amides is 4. The Hall–Kier alpha value is -2.37. The lowest BCUT2D eigenvalue weighted by Crippen LogP contribution is -2.42. The SMILES string of the molecule is C[C@H]1C(=O)N(CC(=O)NCC2CC2)C(=O)N1c1ccccc1. The molecule has 1 N–H and O–H groups in total. The fourth-order valence-corrected chi connectivity index (χ4v) is 2.57. The molecule has 1 heterocycles. The molecule has 0 aromatic heterocycles. The Kier molecular flexibility index (Phi) is 3.83. The first-order valence-corrected chi connectivity index (χ1v) is 7.54. The number of carbonyl (C=O) groups is 3. The van der Waals surface area contributed by atoms with Gasteiger partial charge in [0.25, 0.3) is 5.91 Å². The Labute approximate surface area is 129 Å². The number of hydrogen-bond acceptors (Lipinski definition) is 3. The first kappa shape index (κ1) is 14.6. The molecule has 1 aliphatic heterocycles. The number of imide groups is 1. The highest BCUT2D eigenvalue weighted by atomic mass is 16.2. The molecule has 22 heavy (non-hydrogen) atoms. The Morgan fingerprint density at radius 1 is 1.23 bits per heavy atom. The van der Waals surface area contributed by atoms with Crippen LogP contribution in [0.3, 0.4) is 0 Å². The molecule has 3 rings (SSSR count). The molecule has 0 spiro atoms. The summed E-state index contributed by atoms with van der Waals surface area (Å²) < 4.78 is 0. The largest absolute Gasteiger partial charge is 0.354 e. The van der Waals surface area contributed by atoms with Crippen molar-refractivity contribution in [2.45, 2.75) is 25.8 Å². The second kappa shape index (κ2) is 5.79. The number of urea groups is 1. The van der Waals surface area contributed by atoms with E-state index in [1.807, 2.05) is 18.2 Å². The monoisotopic (exact) mass is 301 g/mol. The van der Waals surface area contributed by atoms with E-state index in [0.717, 1.165) is 17.7 Å². The lowest BCUT2D eigenvalue weighted by molar-refractivity contribution is -0.131. The van der Waals surface area contributed by atoms with Crippen LogP contribution in [0, 0.1) is 5.92 Å². The number of rotatable bonds is 5. The normalized spacial score (nSPS) is 21.4. The van der Waals surface area contributed by atoms with E-state index in [1.165, 1.54) is 4.90 Å². The summed E-state index contributed by atoms with van der Waals surface area (Å²) in [7, 11) is 0. The fraction of sp³-hybridized carbons (Fsp3) is 0.438. The lowest BCUT2D eigenvalue weighted by atomic mass is 10.2. The van der Waals surface area contributed by atoms with Crippen molar-refractivity contribution in [1.82, 2.24) is 10.2 Å². The van der Waals surface area contributed by atoms with Crippen LogP contribution in [0.15, 0.2) is 30.3 Å². The van der Waals surface area contributed by atoms with E-state index in [2.05, 4.69) is 5.32 Å². The molecular weight excluding hydrogens is 282 g/mol. The predicted molar refractivity (Wildman–Crippen MR) is 81.2 cm³/mol. The number of nitrogens with one attached hydrogen (secondary N) is 1. The summed E-state index contributed by atoms with van der Waals surface area (Å²) in [5.41, 5.74) is 0.661. The van der Waals surface area contributed by atoms with E-state index in [0.29, 0.717) is 18.2 Å². The summed E-state index contributed by atoms with van der Waals surface area (Å²) in [6.45, 7) is 2.10. The van der Waals surface area contributed by atoms with Gasteiger partial charge in [0.2, 0.25) is 5.91 Å². The summed E-state index contributed by atoms with van der Waals surface area (Å²) >= 11 is 0. The van der Waals surface area contributed by atoms with Gasteiger partial charge in [-0.1, -0.05) is 18.2 Å². The van der Waals surface area contributed by atoms with Crippen molar-refractivity contribution in [3.8, 4) is 0 Å². The van der Waals surface area contributed by atoms with Gasteiger partial charge in [0, 0.05) is 12.2 Å². The van der Waals surface area contributed by atoms with Crippen molar-refractivity contribution in [2.24, 2.45) is 5.92 Å². The van der Waals surface area contributed by atoms with Gasteiger partial charge in [0.15, 0.2) is 0 Å². The molecule has 0 unspecified atom stereocenters. The molecule has 2 fully saturated rings. The van der Waals surface area contributed by atoms with Crippen molar-refractivity contribution in [1.29, 1.82) is 0 Å². The van der Waals surface area contributed by atoms with Crippen LogP contribution in [0.1, 0.15) is 19.8 Å². The first-order valence-electron chi connectivity index (χ1n) is 7.54. The van der Waals surface area contributed by atoms with Gasteiger partial charge in [0.05, 0.1) is 0 Å². The van der Waals surface area contributed by atoms with Crippen molar-refractivity contribution in [2.75, 3.05) is 18.0 Å². The summed E-state index contributed by atoms with van der Waals surface area (Å²) in [5, 5.41) is 2.78. The predicted octanol–water partition coefficient (Wildman–Crippen LogP) is 1.37. The molecule has 6 heteroatoms. The lowest BCUT2D eigenvalue weighted by Gasteiger charge is -2.19. The summed E-state index contributed by atoms with van der Waals surface area (Å²) in [6, 6.07) is 7.99. The number of benzene rings is 1. The van der Waals surface area contributed by atoms with Crippen LogP contribution in [-0.4, -0.2) is 41.9 Å². The molecule has 0 bridgehead atoms. The molecule has 2 aliphatic rings. The average molecular weight is 301 g/mol. The number of anilines is 1. The molecule has 1 aliphatic carbocycles. The highest BCUT2D eigenvalue weighted by molar-refractivity contribution is 6.15. The van der Waals surface area contributed by atoms with Gasteiger partial charge < -0.3 is 5.32 Å². The van der Waals surface area contributed by atoms with Crippen molar-refractivity contribution in [3.05, 3.63) is 30.3 Å². The molecular formula is C16H19N3O3. The van der Waals surface area contributed by atoms with Crippen LogP contribution in [0.25, 0.3) is 0 Å². The van der Waals surface area contributed by atoms with Gasteiger partial charge in [-0.25, -0.2) is 4.79 Å². The maximum Gasteiger partial charge on any atom is 0.332 e. The van der Waals surface area contributed by atoms with Crippen molar-refractivity contribution >= 4 is 23.5 Å². The van der Waals surface area contributed by atoms with Crippen molar-refractivity contribution < 1.29 is 14.4 Å². The molecule has 1 aromatic carbocycles. The minimum absolute atomic E-state index is 0.210. The van der Waals surface area contributed by atoms with Crippen LogP contribution in [0.4, 0.5) is 10.5 Å². The summed E-state index contributed by atoms with van der Waals surface area (Å²) in [6.07, 6.45) is 2.28. The number of para-hydroxylation sites is 1. The fourth-order valence-electron chi connectivity index (χ4n) is 2.57. The van der Waals surface area contributed by atoms with Gasteiger partial charge >= 0.3 is 6.03 Å². The van der Waals surface area contributed by atoms with Crippen LogP contribution in [0.2, 0.25) is 0 Å². The van der Waals surface area contributed by atoms with E-state index in [-0.39, 0.29) is 18.4 Å². The molecule has 0 radical (unpaired) electrons. The Morgan fingerprint density at radius 2 is 1.91 bits per heavy atom. The topological polar surface area (TPSA) is 69.7 Å².